The summed E-state index contributed by atoms with van der Waals surface area (Å²) in [5.74, 6) is 1.75. The molecule has 1 aromatic carbocycles. The van der Waals surface area contributed by atoms with Crippen LogP contribution in [0.15, 0.2) is 28.1 Å². The molecule has 1 fully saturated rings. The van der Waals surface area contributed by atoms with Crippen molar-refractivity contribution in [2.45, 2.75) is 18.9 Å². The molecule has 0 unspecified atom stereocenters. The molecule has 0 spiro atoms. The summed E-state index contributed by atoms with van der Waals surface area (Å²) >= 11 is 1.23. The molecule has 28 heavy (non-hydrogen) atoms. The number of carbonyl (C=O) groups excluding carboxylic acids is 1. The molecule has 5 rings (SSSR count). The molecule has 9 nitrogen and oxygen atoms in total. The highest BCUT2D eigenvalue weighted by atomic mass is 32.1. The number of hydrogen-bond donors (Lipinski definition) is 1. The number of benzene rings is 1. The molecule has 0 saturated carbocycles. The van der Waals surface area contributed by atoms with Gasteiger partial charge in [0.05, 0.1) is 6.10 Å². The minimum Gasteiger partial charge on any atom is -0.454 e. The second-order valence-corrected chi connectivity index (χ2v) is 7.23. The van der Waals surface area contributed by atoms with Crippen molar-refractivity contribution in [2.75, 3.05) is 19.9 Å². The molecule has 2 aliphatic heterocycles. The van der Waals surface area contributed by atoms with Crippen molar-refractivity contribution in [1.82, 2.24) is 20.4 Å². The Bertz CT molecular complexity index is 1010. The van der Waals surface area contributed by atoms with E-state index in [0.717, 1.165) is 25.0 Å². The summed E-state index contributed by atoms with van der Waals surface area (Å²) in [4.78, 5) is 21.0. The summed E-state index contributed by atoms with van der Waals surface area (Å²) in [5.41, 5.74) is 1.20. The third kappa shape index (κ3) is 3.32. The fraction of sp³-hybridized carbons (Fsp3) is 0.333. The average Bonchev–Trinajstić information content (AvgIpc) is 3.51. The van der Waals surface area contributed by atoms with Gasteiger partial charge in [0.1, 0.15) is 5.69 Å². The van der Waals surface area contributed by atoms with E-state index in [0.29, 0.717) is 34.6 Å². The zero-order valence-electron chi connectivity index (χ0n) is 14.7. The van der Waals surface area contributed by atoms with E-state index in [-0.39, 0.29) is 24.7 Å². The molecule has 1 amide bonds. The van der Waals surface area contributed by atoms with E-state index in [1.807, 2.05) is 6.07 Å². The van der Waals surface area contributed by atoms with Crippen molar-refractivity contribution in [3.05, 3.63) is 28.6 Å². The molecule has 0 radical (unpaired) electrons. The first-order valence-corrected chi connectivity index (χ1v) is 9.74. The van der Waals surface area contributed by atoms with Crippen molar-refractivity contribution in [3.8, 4) is 34.5 Å². The highest BCUT2D eigenvalue weighted by Gasteiger charge is 2.21. The van der Waals surface area contributed by atoms with Crippen LogP contribution in [0.1, 0.15) is 22.6 Å². The smallest absolute Gasteiger partial charge is 0.280 e. The van der Waals surface area contributed by atoms with E-state index in [4.69, 9.17) is 18.7 Å². The van der Waals surface area contributed by atoms with E-state index in [1.165, 1.54) is 11.3 Å². The molecule has 0 aliphatic carbocycles. The minimum atomic E-state index is -0.234. The maximum Gasteiger partial charge on any atom is 0.280 e. The molecule has 2 aromatic heterocycles. The Kier molecular flexibility index (Phi) is 4.41. The number of aromatic nitrogens is 3. The number of ether oxygens (including phenoxy) is 3. The number of carbonyl (C=O) groups is 1. The summed E-state index contributed by atoms with van der Waals surface area (Å²) in [6.45, 7) is 1.44. The average molecular weight is 400 g/mol. The molecular weight excluding hydrogens is 384 g/mol. The van der Waals surface area contributed by atoms with Gasteiger partial charge in [-0.05, 0) is 31.0 Å². The van der Waals surface area contributed by atoms with Crippen LogP contribution in [-0.2, 0) is 4.74 Å². The molecule has 2 aliphatic rings. The Morgan fingerprint density at radius 1 is 1.25 bits per heavy atom. The molecule has 144 valence electrons. The lowest BCUT2D eigenvalue weighted by atomic mass is 10.2. The maximum atomic E-state index is 12.3. The Morgan fingerprint density at radius 2 is 2.18 bits per heavy atom. The molecule has 1 N–H and O–H groups in total. The zero-order chi connectivity index (χ0) is 18.9. The van der Waals surface area contributed by atoms with Crippen LogP contribution < -0.4 is 14.8 Å². The van der Waals surface area contributed by atoms with Crippen molar-refractivity contribution >= 4 is 17.2 Å². The van der Waals surface area contributed by atoms with Crippen LogP contribution in [-0.4, -0.2) is 47.1 Å². The first-order chi connectivity index (χ1) is 13.8. The van der Waals surface area contributed by atoms with Gasteiger partial charge in [-0.15, -0.1) is 11.3 Å². The van der Waals surface area contributed by atoms with Crippen molar-refractivity contribution in [2.24, 2.45) is 0 Å². The quantitative estimate of drug-likeness (QED) is 0.696. The standard InChI is InChI=1S/C18H16N4O5S/c23-16(19-7-11-2-1-5-24-11)18-20-12(8-28-18)17-21-15(22-27-17)10-3-4-13-14(6-10)26-9-25-13/h3-4,6,8,11H,1-2,5,7,9H2,(H,19,23)/t11-/m0/s1. The van der Waals surface area contributed by atoms with Crippen LogP contribution in [0.3, 0.4) is 0 Å². The molecule has 0 bridgehead atoms. The highest BCUT2D eigenvalue weighted by molar-refractivity contribution is 7.12. The van der Waals surface area contributed by atoms with Gasteiger partial charge in [0.15, 0.2) is 16.5 Å². The van der Waals surface area contributed by atoms with Gasteiger partial charge in [0.25, 0.3) is 11.8 Å². The monoisotopic (exact) mass is 400 g/mol. The Morgan fingerprint density at radius 3 is 3.07 bits per heavy atom. The number of amides is 1. The van der Waals surface area contributed by atoms with Crippen LogP contribution in [0.2, 0.25) is 0 Å². The number of thiazole rings is 1. The van der Waals surface area contributed by atoms with Gasteiger partial charge in [-0.3, -0.25) is 4.79 Å². The predicted molar refractivity (Wildman–Crippen MR) is 98.3 cm³/mol. The van der Waals surface area contributed by atoms with Gasteiger partial charge in [0, 0.05) is 24.1 Å². The number of hydrogen-bond acceptors (Lipinski definition) is 9. The predicted octanol–water partition coefficient (Wildman–Crippen LogP) is 2.50. The van der Waals surface area contributed by atoms with Crippen LogP contribution in [0.4, 0.5) is 0 Å². The van der Waals surface area contributed by atoms with E-state index >= 15 is 0 Å². The summed E-state index contributed by atoms with van der Waals surface area (Å²) in [7, 11) is 0. The summed E-state index contributed by atoms with van der Waals surface area (Å²) in [6.07, 6.45) is 2.09. The first-order valence-electron chi connectivity index (χ1n) is 8.86. The van der Waals surface area contributed by atoms with Crippen LogP contribution in [0.5, 0.6) is 11.5 Å². The molecular formula is C18H16N4O5S. The maximum absolute atomic E-state index is 12.3. The molecule has 4 heterocycles. The fourth-order valence-corrected chi connectivity index (χ4v) is 3.75. The lowest BCUT2D eigenvalue weighted by molar-refractivity contribution is 0.0857. The second-order valence-electron chi connectivity index (χ2n) is 6.37. The lowest BCUT2D eigenvalue weighted by Crippen LogP contribution is -2.31. The summed E-state index contributed by atoms with van der Waals surface area (Å²) in [5, 5.41) is 8.91. The molecule has 1 saturated heterocycles. The number of nitrogens with zero attached hydrogens (tertiary/aromatic N) is 3. The van der Waals surface area contributed by atoms with Gasteiger partial charge >= 0.3 is 0 Å². The van der Waals surface area contributed by atoms with Crippen molar-refractivity contribution in [1.29, 1.82) is 0 Å². The van der Waals surface area contributed by atoms with E-state index in [1.54, 1.807) is 17.5 Å². The molecule has 3 aromatic rings. The van der Waals surface area contributed by atoms with Crippen LogP contribution in [0.25, 0.3) is 23.0 Å². The summed E-state index contributed by atoms with van der Waals surface area (Å²) in [6, 6.07) is 5.42. The van der Waals surface area contributed by atoms with Crippen LogP contribution in [0, 0.1) is 0 Å². The van der Waals surface area contributed by atoms with Crippen molar-refractivity contribution < 1.29 is 23.5 Å². The lowest BCUT2D eigenvalue weighted by Gasteiger charge is -2.09. The Labute approximate surface area is 163 Å². The first kappa shape index (κ1) is 17.1. The van der Waals surface area contributed by atoms with Gasteiger partial charge in [-0.2, -0.15) is 4.98 Å². The summed E-state index contributed by atoms with van der Waals surface area (Å²) < 4.78 is 21.5. The van der Waals surface area contributed by atoms with Crippen LogP contribution >= 0.6 is 11.3 Å². The molecule has 1 atom stereocenters. The van der Waals surface area contributed by atoms with E-state index < -0.39 is 0 Å². The Hall–Kier alpha value is -2.98. The number of rotatable bonds is 5. The Balaban J connectivity index is 1.29. The van der Waals surface area contributed by atoms with Gasteiger partial charge in [0.2, 0.25) is 12.6 Å². The minimum absolute atomic E-state index is 0.0866. The number of fused-ring (bicyclic) bond motifs is 1. The topological polar surface area (TPSA) is 109 Å². The largest absolute Gasteiger partial charge is 0.454 e. The van der Waals surface area contributed by atoms with E-state index in [2.05, 4.69) is 20.4 Å². The SMILES string of the molecule is O=C(NC[C@@H]1CCCO1)c1nc(-c2nc(-c3ccc4c(c3)OCO4)no2)cs1. The highest BCUT2D eigenvalue weighted by Crippen LogP contribution is 2.35. The van der Waals surface area contributed by atoms with Crippen molar-refractivity contribution in [3.63, 3.8) is 0 Å². The van der Waals surface area contributed by atoms with Gasteiger partial charge in [-0.25, -0.2) is 4.98 Å². The van der Waals surface area contributed by atoms with E-state index in [9.17, 15) is 4.79 Å². The number of nitrogens with one attached hydrogen (secondary N) is 1. The fourth-order valence-electron chi connectivity index (χ4n) is 3.04. The van der Waals surface area contributed by atoms with Gasteiger partial charge < -0.3 is 24.1 Å². The molecule has 10 heteroatoms. The second kappa shape index (κ2) is 7.21. The van der Waals surface area contributed by atoms with Gasteiger partial charge in [-0.1, -0.05) is 5.16 Å². The third-order valence-corrected chi connectivity index (χ3v) is 5.33. The normalized spacial score (nSPS) is 17.8. The zero-order valence-corrected chi connectivity index (χ0v) is 15.5. The third-order valence-electron chi connectivity index (χ3n) is 4.49.